The number of aldehydes is 1. The minimum Gasteiger partial charge on any atom is -0.493 e. The molecule has 8 nitrogen and oxygen atoms in total. The normalized spacial score (nSPS) is 17.1. The lowest BCUT2D eigenvalue weighted by molar-refractivity contribution is -0.132. The van der Waals surface area contributed by atoms with Crippen molar-refractivity contribution in [2.45, 2.75) is 135 Å². The number of hydrogen-bond acceptors (Lipinski definition) is 5. The molecule has 0 spiro atoms. The van der Waals surface area contributed by atoms with E-state index in [-0.39, 0.29) is 17.4 Å². The van der Waals surface area contributed by atoms with Crippen molar-refractivity contribution in [3.05, 3.63) is 99.0 Å². The van der Waals surface area contributed by atoms with Crippen molar-refractivity contribution < 1.29 is 19.1 Å². The summed E-state index contributed by atoms with van der Waals surface area (Å²) in [5.41, 5.74) is 3.62. The Kier molecular flexibility index (Phi) is 17.5. The topological polar surface area (TPSA) is 82.5 Å². The molecule has 2 aliphatic rings. The number of ether oxygens (including phenoxy) is 1. The molecule has 1 saturated heterocycles. The molecule has 1 fully saturated rings. The summed E-state index contributed by atoms with van der Waals surface area (Å²) in [6, 6.07) is 20.5. The van der Waals surface area contributed by atoms with Crippen LogP contribution in [0.5, 0.6) is 5.75 Å². The zero-order chi connectivity index (χ0) is 41.5. The SMILES string of the molecule is CCOc1cc(C(C)(C)C)ccc1C1=NC(c2ccc(Cl)cc2)C(c2ccc(Cl)cc2)N1C(=O)N1CCN(C(=O)CCCCCCCCCCCCCCC=O)CC1. The van der Waals surface area contributed by atoms with Gasteiger partial charge in [-0.1, -0.05) is 139 Å². The lowest BCUT2D eigenvalue weighted by Gasteiger charge is -2.39. The van der Waals surface area contributed by atoms with Gasteiger partial charge in [0.25, 0.3) is 0 Å². The van der Waals surface area contributed by atoms with Crippen molar-refractivity contribution in [3.63, 3.8) is 0 Å². The van der Waals surface area contributed by atoms with Crippen LogP contribution in [0.1, 0.15) is 152 Å². The van der Waals surface area contributed by atoms with Gasteiger partial charge in [0.1, 0.15) is 23.9 Å². The lowest BCUT2D eigenvalue weighted by Crippen LogP contribution is -2.55. The molecule has 10 heteroatoms. The molecule has 58 heavy (non-hydrogen) atoms. The Bertz CT molecular complexity index is 1800. The Morgan fingerprint density at radius 2 is 1.24 bits per heavy atom. The molecule has 0 bridgehead atoms. The molecule has 0 radical (unpaired) electrons. The highest BCUT2D eigenvalue weighted by Crippen LogP contribution is 2.46. The molecule has 3 aromatic rings. The molecule has 2 aliphatic heterocycles. The van der Waals surface area contributed by atoms with Crippen molar-refractivity contribution in [2.75, 3.05) is 32.8 Å². The number of hydrogen-bond donors (Lipinski definition) is 0. The quantitative estimate of drug-likeness (QED) is 0.0839. The third-order valence-corrected chi connectivity index (χ3v) is 12.0. The van der Waals surface area contributed by atoms with Gasteiger partial charge in [0, 0.05) is 49.1 Å². The minimum absolute atomic E-state index is 0.105. The maximum Gasteiger partial charge on any atom is 0.326 e. The van der Waals surface area contributed by atoms with E-state index in [0.717, 1.165) is 54.2 Å². The number of urea groups is 1. The maximum absolute atomic E-state index is 15.0. The summed E-state index contributed by atoms with van der Waals surface area (Å²) in [5, 5.41) is 1.24. The molecular weight excluding hydrogens is 767 g/mol. The fourth-order valence-corrected chi connectivity index (χ4v) is 8.28. The summed E-state index contributed by atoms with van der Waals surface area (Å²) >= 11 is 12.7. The Morgan fingerprint density at radius 3 is 1.78 bits per heavy atom. The summed E-state index contributed by atoms with van der Waals surface area (Å²) in [5.74, 6) is 1.41. The van der Waals surface area contributed by atoms with E-state index in [4.69, 9.17) is 32.9 Å². The van der Waals surface area contributed by atoms with Crippen LogP contribution in [0.15, 0.2) is 71.7 Å². The second kappa shape index (κ2) is 22.5. The zero-order valence-electron chi connectivity index (χ0n) is 35.2. The van der Waals surface area contributed by atoms with Crippen molar-refractivity contribution in [1.29, 1.82) is 0 Å². The van der Waals surface area contributed by atoms with E-state index in [1.807, 2.05) is 76.2 Å². The second-order valence-corrected chi connectivity index (χ2v) is 17.7. The molecule has 0 N–H and O–H groups in total. The van der Waals surface area contributed by atoms with Crippen LogP contribution in [0, 0.1) is 0 Å². The number of piperazine rings is 1. The highest BCUT2D eigenvalue weighted by Gasteiger charge is 2.45. The van der Waals surface area contributed by atoms with Gasteiger partial charge in [-0.3, -0.25) is 14.7 Å². The van der Waals surface area contributed by atoms with Crippen molar-refractivity contribution >= 4 is 47.3 Å². The van der Waals surface area contributed by atoms with Crippen LogP contribution in [-0.4, -0.2) is 71.5 Å². The monoisotopic (exact) mass is 830 g/mol. The molecule has 5 rings (SSSR count). The van der Waals surface area contributed by atoms with Gasteiger partial charge in [-0.15, -0.1) is 0 Å². The molecule has 2 unspecified atom stereocenters. The van der Waals surface area contributed by atoms with Gasteiger partial charge in [0.15, 0.2) is 0 Å². The van der Waals surface area contributed by atoms with E-state index >= 15 is 4.79 Å². The molecule has 0 aromatic heterocycles. The van der Waals surface area contributed by atoms with Crippen LogP contribution < -0.4 is 4.74 Å². The number of benzene rings is 3. The molecule has 2 atom stereocenters. The predicted octanol–water partition coefficient (Wildman–Crippen LogP) is 12.2. The zero-order valence-corrected chi connectivity index (χ0v) is 36.7. The standard InChI is InChI=1S/C48H64Cl2N4O4/c1-5-58-42-35-38(48(2,3)4)24-29-41(42)46-51-44(36-20-25-39(49)26-21-36)45(37-22-27-40(50)28-23-37)54(46)47(57)53-32-30-52(31-33-53)43(56)19-17-15-13-11-9-7-6-8-10-12-14-16-18-34-55/h20-29,34-35,44-45H,5-19,30-33H2,1-4H3. The molecule has 0 aliphatic carbocycles. The number of aliphatic imine (C=N–C) groups is 1. The lowest BCUT2D eigenvalue weighted by atomic mass is 9.86. The Morgan fingerprint density at radius 1 is 0.724 bits per heavy atom. The Labute approximate surface area is 357 Å². The summed E-state index contributed by atoms with van der Waals surface area (Å²) < 4.78 is 6.28. The van der Waals surface area contributed by atoms with Crippen LogP contribution in [0.25, 0.3) is 0 Å². The third kappa shape index (κ3) is 12.6. The van der Waals surface area contributed by atoms with E-state index in [2.05, 4.69) is 32.9 Å². The van der Waals surface area contributed by atoms with Crippen molar-refractivity contribution in [1.82, 2.24) is 14.7 Å². The number of rotatable bonds is 20. The first-order valence-electron chi connectivity index (χ1n) is 21.7. The summed E-state index contributed by atoms with van der Waals surface area (Å²) in [6.45, 7) is 10.8. The smallest absolute Gasteiger partial charge is 0.326 e. The third-order valence-electron chi connectivity index (χ3n) is 11.4. The van der Waals surface area contributed by atoms with Gasteiger partial charge >= 0.3 is 6.03 Å². The predicted molar refractivity (Wildman–Crippen MR) is 237 cm³/mol. The molecule has 3 amide bonds. The summed E-state index contributed by atoms with van der Waals surface area (Å²) in [7, 11) is 0. The van der Waals surface area contributed by atoms with Gasteiger partial charge in [-0.2, -0.15) is 0 Å². The highest BCUT2D eigenvalue weighted by molar-refractivity contribution is 6.30. The van der Waals surface area contributed by atoms with Crippen LogP contribution in [-0.2, 0) is 15.0 Å². The van der Waals surface area contributed by atoms with Crippen LogP contribution in [0.2, 0.25) is 10.0 Å². The Hall–Kier alpha value is -3.88. The van der Waals surface area contributed by atoms with Gasteiger partial charge in [-0.25, -0.2) is 4.79 Å². The molecule has 314 valence electrons. The number of amidine groups is 1. The van der Waals surface area contributed by atoms with E-state index in [0.29, 0.717) is 67.3 Å². The minimum atomic E-state index is -0.470. The van der Waals surface area contributed by atoms with Gasteiger partial charge < -0.3 is 19.3 Å². The summed E-state index contributed by atoms with van der Waals surface area (Å²) in [6.07, 6.45) is 16.4. The average molecular weight is 832 g/mol. The number of unbranched alkanes of at least 4 members (excludes halogenated alkanes) is 12. The van der Waals surface area contributed by atoms with E-state index in [9.17, 15) is 9.59 Å². The molecule has 0 saturated carbocycles. The van der Waals surface area contributed by atoms with Gasteiger partial charge in [0.05, 0.1) is 18.2 Å². The van der Waals surface area contributed by atoms with Crippen LogP contribution in [0.4, 0.5) is 4.79 Å². The first-order chi connectivity index (χ1) is 28.0. The molecule has 3 aromatic carbocycles. The van der Waals surface area contributed by atoms with Crippen LogP contribution in [0.3, 0.4) is 0 Å². The number of carbonyl (C=O) groups excluding carboxylic acids is 3. The fourth-order valence-electron chi connectivity index (χ4n) is 8.03. The molecule has 2 heterocycles. The average Bonchev–Trinajstić information content (AvgIpc) is 3.61. The number of carbonyl (C=O) groups is 3. The first kappa shape index (κ1) is 45.2. The van der Waals surface area contributed by atoms with E-state index < -0.39 is 12.1 Å². The number of halogens is 2. The Balaban J connectivity index is 1.25. The molecular formula is C48H64Cl2N4O4. The van der Waals surface area contributed by atoms with Crippen molar-refractivity contribution in [2.24, 2.45) is 4.99 Å². The largest absolute Gasteiger partial charge is 0.493 e. The van der Waals surface area contributed by atoms with Gasteiger partial charge in [-0.05, 0) is 78.3 Å². The van der Waals surface area contributed by atoms with Crippen molar-refractivity contribution in [3.8, 4) is 5.75 Å². The van der Waals surface area contributed by atoms with Crippen LogP contribution >= 0.6 is 23.2 Å². The van der Waals surface area contributed by atoms with E-state index in [1.54, 1.807) is 0 Å². The number of nitrogens with zero attached hydrogens (tertiary/aromatic N) is 4. The fraction of sp³-hybridized carbons (Fsp3) is 0.542. The van der Waals surface area contributed by atoms with Gasteiger partial charge in [0.2, 0.25) is 5.91 Å². The number of amides is 3. The first-order valence-corrected chi connectivity index (χ1v) is 22.4. The second-order valence-electron chi connectivity index (χ2n) is 16.8. The highest BCUT2D eigenvalue weighted by atomic mass is 35.5. The summed E-state index contributed by atoms with van der Waals surface area (Å²) in [4.78, 5) is 49.8. The maximum atomic E-state index is 15.0. The van der Waals surface area contributed by atoms with E-state index in [1.165, 1.54) is 51.4 Å².